The summed E-state index contributed by atoms with van der Waals surface area (Å²) in [5.74, 6) is 0. The second kappa shape index (κ2) is 9.96. The van der Waals surface area contributed by atoms with E-state index in [2.05, 4.69) is 77.6 Å². The highest BCUT2D eigenvalue weighted by atomic mass is 32.2. The molecule has 3 aromatic rings. The number of thioether (sulfide) groups is 1. The van der Waals surface area contributed by atoms with Crippen LogP contribution in [0.25, 0.3) is 5.57 Å². The Morgan fingerprint density at radius 1 is 1.00 bits per heavy atom. The molecule has 0 N–H and O–H groups in total. The van der Waals surface area contributed by atoms with Gasteiger partial charge in [-0.2, -0.15) is 5.26 Å². The quantitative estimate of drug-likeness (QED) is 0.473. The van der Waals surface area contributed by atoms with Gasteiger partial charge in [-0.25, -0.2) is 4.98 Å². The Morgan fingerprint density at radius 2 is 1.65 bits per heavy atom. The predicted molar refractivity (Wildman–Crippen MR) is 129 cm³/mol. The molecule has 0 saturated heterocycles. The number of nitrogens with zero attached hydrogens (tertiary/aromatic N) is 3. The molecule has 0 unspecified atom stereocenters. The minimum atomic E-state index is 0.648. The van der Waals surface area contributed by atoms with Crippen LogP contribution in [-0.2, 0) is 19.4 Å². The molecule has 0 amide bonds. The van der Waals surface area contributed by atoms with Gasteiger partial charge in [-0.1, -0.05) is 54.6 Å². The molecule has 1 heterocycles. The Balaban J connectivity index is 1.51. The smallest absolute Gasteiger partial charge is 0.114 e. The summed E-state index contributed by atoms with van der Waals surface area (Å²) < 4.78 is 0. The van der Waals surface area contributed by atoms with E-state index in [0.29, 0.717) is 5.56 Å². The summed E-state index contributed by atoms with van der Waals surface area (Å²) in [5, 5.41) is 10.0. The first-order valence-corrected chi connectivity index (χ1v) is 11.9. The molecular weight excluding hydrogens is 398 g/mol. The average molecular weight is 426 g/mol. The third kappa shape index (κ3) is 4.90. The van der Waals surface area contributed by atoms with Gasteiger partial charge in [0.1, 0.15) is 11.1 Å². The summed E-state index contributed by atoms with van der Waals surface area (Å²) in [5.41, 5.74) is 8.62. The number of fused-ring (bicyclic) bond motifs is 2. The molecule has 31 heavy (non-hydrogen) atoms. The Morgan fingerprint density at radius 3 is 2.26 bits per heavy atom. The van der Waals surface area contributed by atoms with Crippen molar-refractivity contribution in [2.75, 3.05) is 19.8 Å². The molecule has 1 aromatic heterocycles. The molecule has 0 atom stereocenters. The average Bonchev–Trinajstić information content (AvgIpc) is 2.96. The van der Waals surface area contributed by atoms with Gasteiger partial charge in [-0.15, -0.1) is 11.8 Å². The van der Waals surface area contributed by atoms with Gasteiger partial charge < -0.3 is 4.90 Å². The van der Waals surface area contributed by atoms with Crippen LogP contribution >= 0.6 is 11.8 Å². The summed E-state index contributed by atoms with van der Waals surface area (Å²) in [6.45, 7) is 1.72. The Kier molecular flexibility index (Phi) is 6.86. The van der Waals surface area contributed by atoms with Crippen molar-refractivity contribution >= 4 is 17.3 Å². The van der Waals surface area contributed by atoms with Gasteiger partial charge in [-0.3, -0.25) is 0 Å². The van der Waals surface area contributed by atoms with Crippen LogP contribution in [0, 0.1) is 11.3 Å². The minimum Gasteiger partial charge on any atom is -0.300 e. The van der Waals surface area contributed by atoms with Gasteiger partial charge in [0.25, 0.3) is 0 Å². The van der Waals surface area contributed by atoms with Crippen molar-refractivity contribution in [1.82, 2.24) is 9.88 Å². The number of nitriles is 1. The second-order valence-electron chi connectivity index (χ2n) is 7.93. The van der Waals surface area contributed by atoms with Crippen LogP contribution in [0.2, 0.25) is 0 Å². The lowest BCUT2D eigenvalue weighted by Gasteiger charge is -2.17. The van der Waals surface area contributed by atoms with Crippen LogP contribution in [0.5, 0.6) is 0 Å². The van der Waals surface area contributed by atoms with Crippen molar-refractivity contribution in [1.29, 1.82) is 5.26 Å². The van der Waals surface area contributed by atoms with Gasteiger partial charge in [-0.05, 0) is 72.5 Å². The van der Waals surface area contributed by atoms with Crippen molar-refractivity contribution in [3.05, 3.63) is 100 Å². The zero-order valence-corrected chi connectivity index (χ0v) is 19.0. The molecule has 0 bridgehead atoms. The summed E-state index contributed by atoms with van der Waals surface area (Å²) in [4.78, 5) is 6.95. The maximum atomic E-state index is 9.20. The van der Waals surface area contributed by atoms with Crippen LogP contribution in [-0.4, -0.2) is 29.7 Å². The first kappa shape index (κ1) is 21.4. The fourth-order valence-electron chi connectivity index (χ4n) is 4.23. The molecule has 156 valence electrons. The third-order valence-corrected chi connectivity index (χ3v) is 6.50. The van der Waals surface area contributed by atoms with Crippen molar-refractivity contribution in [3.8, 4) is 6.07 Å². The summed E-state index contributed by atoms with van der Waals surface area (Å²) >= 11 is 1.53. The lowest BCUT2D eigenvalue weighted by atomic mass is 9.93. The fraction of sp³-hybridized carbons (Fsp3) is 0.259. The van der Waals surface area contributed by atoms with E-state index in [4.69, 9.17) is 0 Å². The first-order chi connectivity index (χ1) is 15.2. The van der Waals surface area contributed by atoms with Crippen LogP contribution < -0.4 is 0 Å². The largest absolute Gasteiger partial charge is 0.300 e. The number of benzene rings is 2. The van der Waals surface area contributed by atoms with E-state index in [9.17, 15) is 5.26 Å². The second-order valence-corrected chi connectivity index (χ2v) is 8.72. The van der Waals surface area contributed by atoms with Crippen molar-refractivity contribution < 1.29 is 0 Å². The summed E-state index contributed by atoms with van der Waals surface area (Å²) in [7, 11) is 2.13. The lowest BCUT2D eigenvalue weighted by molar-refractivity contribution is 0.329. The normalized spacial score (nSPS) is 12.6. The minimum absolute atomic E-state index is 0.648. The number of rotatable bonds is 6. The van der Waals surface area contributed by atoms with E-state index in [0.717, 1.165) is 43.1 Å². The highest BCUT2D eigenvalue weighted by Gasteiger charge is 2.17. The molecule has 4 heteroatoms. The van der Waals surface area contributed by atoms with Crippen LogP contribution in [0.3, 0.4) is 0 Å². The third-order valence-electron chi connectivity index (χ3n) is 5.80. The number of aryl methyl sites for hydroxylation is 2. The highest BCUT2D eigenvalue weighted by Crippen LogP contribution is 2.33. The Hall–Kier alpha value is -2.87. The van der Waals surface area contributed by atoms with E-state index < -0.39 is 0 Å². The topological polar surface area (TPSA) is 39.9 Å². The number of hydrogen-bond acceptors (Lipinski definition) is 4. The molecule has 2 aromatic carbocycles. The zero-order valence-electron chi connectivity index (χ0n) is 18.1. The van der Waals surface area contributed by atoms with Gasteiger partial charge in [0.2, 0.25) is 0 Å². The maximum absolute atomic E-state index is 9.20. The van der Waals surface area contributed by atoms with Gasteiger partial charge in [0.15, 0.2) is 0 Å². The molecule has 0 fully saturated rings. The van der Waals surface area contributed by atoms with Crippen LogP contribution in [0.1, 0.15) is 39.9 Å². The molecular formula is C27H27N3S. The monoisotopic (exact) mass is 425 g/mol. The van der Waals surface area contributed by atoms with Crippen molar-refractivity contribution in [2.45, 2.75) is 30.8 Å². The number of hydrogen-bond donors (Lipinski definition) is 0. The molecule has 0 saturated carbocycles. The number of aromatic nitrogens is 1. The van der Waals surface area contributed by atoms with Gasteiger partial charge in [0.05, 0.1) is 11.3 Å². The number of pyridine rings is 1. The van der Waals surface area contributed by atoms with E-state index >= 15 is 0 Å². The van der Waals surface area contributed by atoms with Crippen LogP contribution in [0.4, 0.5) is 0 Å². The summed E-state index contributed by atoms with van der Waals surface area (Å²) in [6, 6.07) is 23.7. The maximum Gasteiger partial charge on any atom is 0.114 e. The fourth-order valence-corrected chi connectivity index (χ4v) is 4.77. The molecule has 1 aliphatic carbocycles. The molecule has 4 rings (SSSR count). The molecule has 0 aliphatic heterocycles. The van der Waals surface area contributed by atoms with Crippen molar-refractivity contribution in [2.24, 2.45) is 0 Å². The Labute approximate surface area is 189 Å². The van der Waals surface area contributed by atoms with E-state index in [1.54, 1.807) is 0 Å². The predicted octanol–water partition coefficient (Wildman–Crippen LogP) is 5.73. The molecule has 0 spiro atoms. The zero-order chi connectivity index (χ0) is 21.6. The molecule has 3 nitrogen and oxygen atoms in total. The van der Waals surface area contributed by atoms with E-state index in [-0.39, 0.29) is 0 Å². The lowest BCUT2D eigenvalue weighted by Crippen LogP contribution is -2.19. The molecule has 1 aliphatic rings. The standard InChI is InChI=1S/C27H27N3S/c1-30(19-23-16-15-22(18-28)27(29-23)31-2)17-7-12-26-24-10-5-3-8-20(24)13-14-21-9-4-6-11-25(21)26/h3-6,8-12,15-16H,7,13-14,17,19H2,1-2H3. The summed E-state index contributed by atoms with van der Waals surface area (Å²) in [6.07, 6.45) is 7.52. The van der Waals surface area contributed by atoms with Crippen molar-refractivity contribution in [3.63, 3.8) is 0 Å². The van der Waals surface area contributed by atoms with Gasteiger partial charge >= 0.3 is 0 Å². The van der Waals surface area contributed by atoms with E-state index in [1.165, 1.54) is 39.6 Å². The first-order valence-electron chi connectivity index (χ1n) is 10.7. The molecule has 0 radical (unpaired) electrons. The SMILES string of the molecule is CSc1nc(CN(C)CCC=C2c3ccccc3CCc3ccccc32)ccc1C#N. The van der Waals surface area contributed by atoms with E-state index in [1.807, 2.05) is 18.4 Å². The van der Waals surface area contributed by atoms with Gasteiger partial charge in [0, 0.05) is 13.1 Å². The Bertz CT molecular complexity index is 1090. The highest BCUT2D eigenvalue weighted by molar-refractivity contribution is 7.98. The van der Waals surface area contributed by atoms with Crippen LogP contribution in [0.15, 0.2) is 71.8 Å².